The fourth-order valence-electron chi connectivity index (χ4n) is 1.22. The van der Waals surface area contributed by atoms with Crippen molar-refractivity contribution in [3.8, 4) is 5.69 Å². The molecule has 1 heterocycles. The van der Waals surface area contributed by atoms with Gasteiger partial charge in [-0.05, 0) is 30.3 Å². The Bertz CT molecular complexity index is 412. The molecule has 0 unspecified atom stereocenters. The van der Waals surface area contributed by atoms with Crippen molar-refractivity contribution in [1.29, 1.82) is 0 Å². The highest BCUT2D eigenvalue weighted by molar-refractivity contribution is 5.85. The van der Waals surface area contributed by atoms with E-state index in [2.05, 4.69) is 0 Å². The van der Waals surface area contributed by atoms with E-state index in [1.165, 1.54) is 6.07 Å². The second-order valence-corrected chi connectivity index (χ2v) is 2.80. The number of aromatic nitrogens is 1. The molecule has 74 valence electrons. The Kier molecular flexibility index (Phi) is 3.14. The molecular formula is C10H10ClFN2. The molecule has 4 heteroatoms. The van der Waals surface area contributed by atoms with Gasteiger partial charge in [-0.15, -0.1) is 12.4 Å². The molecule has 0 atom stereocenters. The summed E-state index contributed by atoms with van der Waals surface area (Å²) in [6.45, 7) is 0. The van der Waals surface area contributed by atoms with Crippen molar-refractivity contribution < 1.29 is 4.39 Å². The van der Waals surface area contributed by atoms with Gasteiger partial charge < -0.3 is 10.3 Å². The van der Waals surface area contributed by atoms with Crippen molar-refractivity contribution >= 4 is 18.1 Å². The van der Waals surface area contributed by atoms with Crippen LogP contribution in [0.15, 0.2) is 42.7 Å². The Morgan fingerprint density at radius 3 is 2.43 bits per heavy atom. The van der Waals surface area contributed by atoms with E-state index in [1.807, 2.05) is 12.1 Å². The van der Waals surface area contributed by atoms with Crippen LogP contribution in [0.1, 0.15) is 0 Å². The van der Waals surface area contributed by atoms with Gasteiger partial charge in [0.25, 0.3) is 0 Å². The number of rotatable bonds is 1. The second-order valence-electron chi connectivity index (χ2n) is 2.80. The SMILES string of the molecule is Cl.Nc1ccc(F)c(-n2cccc2)c1. The van der Waals surface area contributed by atoms with Crippen LogP contribution in [-0.4, -0.2) is 4.57 Å². The van der Waals surface area contributed by atoms with E-state index in [1.54, 1.807) is 29.1 Å². The maximum Gasteiger partial charge on any atom is 0.147 e. The molecule has 2 aromatic rings. The highest BCUT2D eigenvalue weighted by Crippen LogP contribution is 2.16. The predicted molar refractivity (Wildman–Crippen MR) is 57.4 cm³/mol. The molecule has 2 rings (SSSR count). The molecule has 0 radical (unpaired) electrons. The summed E-state index contributed by atoms with van der Waals surface area (Å²) < 4.78 is 14.9. The summed E-state index contributed by atoms with van der Waals surface area (Å²) >= 11 is 0. The third-order valence-electron chi connectivity index (χ3n) is 1.85. The molecule has 1 aromatic carbocycles. The molecule has 0 aliphatic carbocycles. The number of benzene rings is 1. The number of nitrogen functional groups attached to an aromatic ring is 1. The number of hydrogen-bond acceptors (Lipinski definition) is 1. The third kappa shape index (κ3) is 1.88. The summed E-state index contributed by atoms with van der Waals surface area (Å²) in [6.07, 6.45) is 3.55. The average Bonchev–Trinajstić information content (AvgIpc) is 2.61. The van der Waals surface area contributed by atoms with Gasteiger partial charge in [0, 0.05) is 18.1 Å². The van der Waals surface area contributed by atoms with Crippen LogP contribution in [0.25, 0.3) is 5.69 Å². The fourth-order valence-corrected chi connectivity index (χ4v) is 1.22. The van der Waals surface area contributed by atoms with Crippen molar-refractivity contribution in [1.82, 2.24) is 4.57 Å². The standard InChI is InChI=1S/C10H9FN2.ClH/c11-9-4-3-8(12)7-10(9)13-5-1-2-6-13;/h1-7H,12H2;1H. The van der Waals surface area contributed by atoms with Crippen LogP contribution in [0.5, 0.6) is 0 Å². The molecule has 0 aliphatic rings. The van der Waals surface area contributed by atoms with Gasteiger partial charge in [-0.25, -0.2) is 4.39 Å². The monoisotopic (exact) mass is 212 g/mol. The van der Waals surface area contributed by atoms with Crippen LogP contribution in [0.3, 0.4) is 0 Å². The van der Waals surface area contributed by atoms with Crippen LogP contribution in [0, 0.1) is 5.82 Å². The first-order valence-corrected chi connectivity index (χ1v) is 3.96. The molecular weight excluding hydrogens is 203 g/mol. The lowest BCUT2D eigenvalue weighted by molar-refractivity contribution is 0.618. The maximum absolute atomic E-state index is 13.3. The first-order valence-electron chi connectivity index (χ1n) is 3.96. The Morgan fingerprint density at radius 1 is 1.14 bits per heavy atom. The summed E-state index contributed by atoms with van der Waals surface area (Å²) in [6, 6.07) is 8.19. The van der Waals surface area contributed by atoms with Crippen molar-refractivity contribution in [3.05, 3.63) is 48.5 Å². The number of anilines is 1. The van der Waals surface area contributed by atoms with E-state index in [0.29, 0.717) is 11.4 Å². The van der Waals surface area contributed by atoms with Gasteiger partial charge in [-0.3, -0.25) is 0 Å². The van der Waals surface area contributed by atoms with E-state index in [9.17, 15) is 4.39 Å². The molecule has 1 aromatic heterocycles. The van der Waals surface area contributed by atoms with Crippen molar-refractivity contribution in [2.45, 2.75) is 0 Å². The van der Waals surface area contributed by atoms with E-state index in [-0.39, 0.29) is 18.2 Å². The maximum atomic E-state index is 13.3. The van der Waals surface area contributed by atoms with Crippen molar-refractivity contribution in [2.24, 2.45) is 0 Å². The summed E-state index contributed by atoms with van der Waals surface area (Å²) in [5, 5.41) is 0. The zero-order valence-electron chi connectivity index (χ0n) is 7.35. The minimum atomic E-state index is -0.273. The van der Waals surface area contributed by atoms with E-state index in [4.69, 9.17) is 5.73 Å². The average molecular weight is 213 g/mol. The normalized spacial score (nSPS) is 9.50. The lowest BCUT2D eigenvalue weighted by atomic mass is 10.2. The first-order chi connectivity index (χ1) is 6.27. The zero-order valence-corrected chi connectivity index (χ0v) is 8.17. The van der Waals surface area contributed by atoms with Crippen molar-refractivity contribution in [2.75, 3.05) is 5.73 Å². The zero-order chi connectivity index (χ0) is 9.26. The Morgan fingerprint density at radius 2 is 1.79 bits per heavy atom. The Balaban J connectivity index is 0.000000980. The molecule has 2 N–H and O–H groups in total. The highest BCUT2D eigenvalue weighted by atomic mass is 35.5. The van der Waals surface area contributed by atoms with Gasteiger partial charge in [0.2, 0.25) is 0 Å². The lowest BCUT2D eigenvalue weighted by Gasteiger charge is -2.04. The van der Waals surface area contributed by atoms with E-state index < -0.39 is 0 Å². The van der Waals surface area contributed by atoms with Gasteiger partial charge in [0.05, 0.1) is 5.69 Å². The third-order valence-corrected chi connectivity index (χ3v) is 1.85. The van der Waals surface area contributed by atoms with Crippen LogP contribution in [-0.2, 0) is 0 Å². The van der Waals surface area contributed by atoms with E-state index in [0.717, 1.165) is 0 Å². The number of nitrogens with two attached hydrogens (primary N) is 1. The van der Waals surface area contributed by atoms with Gasteiger partial charge in [-0.2, -0.15) is 0 Å². The lowest BCUT2D eigenvalue weighted by Crippen LogP contribution is -1.96. The quantitative estimate of drug-likeness (QED) is 0.724. The number of halogens is 2. The Labute approximate surface area is 87.6 Å². The molecule has 0 bridgehead atoms. The fraction of sp³-hybridized carbons (Fsp3) is 0. The van der Waals surface area contributed by atoms with Crippen LogP contribution in [0.4, 0.5) is 10.1 Å². The van der Waals surface area contributed by atoms with Gasteiger partial charge in [0.1, 0.15) is 5.82 Å². The van der Waals surface area contributed by atoms with Gasteiger partial charge >= 0.3 is 0 Å². The van der Waals surface area contributed by atoms with Crippen LogP contribution in [0.2, 0.25) is 0 Å². The summed E-state index contributed by atoms with van der Waals surface area (Å²) in [4.78, 5) is 0. The second kappa shape index (κ2) is 4.15. The molecule has 0 aliphatic heterocycles. The number of nitrogens with zero attached hydrogens (tertiary/aromatic N) is 1. The molecule has 0 saturated heterocycles. The molecule has 0 saturated carbocycles. The summed E-state index contributed by atoms with van der Waals surface area (Å²) in [5.74, 6) is -0.273. The van der Waals surface area contributed by atoms with Crippen LogP contribution < -0.4 is 5.73 Å². The topological polar surface area (TPSA) is 30.9 Å². The smallest absolute Gasteiger partial charge is 0.147 e. The minimum absolute atomic E-state index is 0. The molecule has 0 spiro atoms. The van der Waals surface area contributed by atoms with Crippen molar-refractivity contribution in [3.63, 3.8) is 0 Å². The molecule has 2 nitrogen and oxygen atoms in total. The van der Waals surface area contributed by atoms with Gasteiger partial charge in [0.15, 0.2) is 0 Å². The summed E-state index contributed by atoms with van der Waals surface area (Å²) in [5.41, 5.74) is 6.59. The van der Waals surface area contributed by atoms with Crippen LogP contribution >= 0.6 is 12.4 Å². The first kappa shape index (κ1) is 10.6. The molecule has 0 fully saturated rings. The summed E-state index contributed by atoms with van der Waals surface area (Å²) in [7, 11) is 0. The van der Waals surface area contributed by atoms with E-state index >= 15 is 0 Å². The minimum Gasteiger partial charge on any atom is -0.399 e. The predicted octanol–water partition coefficient (Wildman–Crippen LogP) is 2.62. The largest absolute Gasteiger partial charge is 0.399 e. The Hall–Kier alpha value is -1.48. The number of hydrogen-bond donors (Lipinski definition) is 1. The van der Waals surface area contributed by atoms with Gasteiger partial charge in [-0.1, -0.05) is 0 Å². The molecule has 0 amide bonds. The highest BCUT2D eigenvalue weighted by Gasteiger charge is 2.02. The molecule has 14 heavy (non-hydrogen) atoms.